The summed E-state index contributed by atoms with van der Waals surface area (Å²) in [6.07, 6.45) is 8.57. The Bertz CT molecular complexity index is 1080. The minimum absolute atomic E-state index is 0.0651. The van der Waals surface area contributed by atoms with Crippen LogP contribution in [0.3, 0.4) is 0 Å². The van der Waals surface area contributed by atoms with Crippen LogP contribution in [0.5, 0.6) is 0 Å². The quantitative estimate of drug-likeness (QED) is 0.544. The Hall–Kier alpha value is -2.39. The van der Waals surface area contributed by atoms with Gasteiger partial charge in [-0.25, -0.2) is 0 Å². The molecule has 1 heterocycles. The first-order valence-electron chi connectivity index (χ1n) is 12.5. The summed E-state index contributed by atoms with van der Waals surface area (Å²) in [5.74, 6) is 0.0794. The van der Waals surface area contributed by atoms with Crippen molar-refractivity contribution in [3.8, 4) is 0 Å². The van der Waals surface area contributed by atoms with Crippen molar-refractivity contribution in [2.45, 2.75) is 69.6 Å². The zero-order valence-electron chi connectivity index (χ0n) is 20.6. The third-order valence-corrected chi connectivity index (χ3v) is 8.36. The summed E-state index contributed by atoms with van der Waals surface area (Å²) in [6.45, 7) is 12.2. The zero-order chi connectivity index (χ0) is 23.3. The molecule has 1 saturated heterocycles. The Morgan fingerprint density at radius 2 is 1.52 bits per heavy atom. The molecular weight excluding hydrogens is 406 g/mol. The predicted molar refractivity (Wildman–Crippen MR) is 135 cm³/mol. The van der Waals surface area contributed by atoms with Gasteiger partial charge in [-0.05, 0) is 70.4 Å². The van der Waals surface area contributed by atoms with E-state index in [1.807, 2.05) is 11.0 Å². The molecule has 174 valence electrons. The number of nitrogens with zero attached hydrogens (tertiary/aromatic N) is 1. The van der Waals surface area contributed by atoms with Crippen molar-refractivity contribution in [3.63, 3.8) is 0 Å². The van der Waals surface area contributed by atoms with Crippen LogP contribution in [0.4, 0.5) is 0 Å². The van der Waals surface area contributed by atoms with E-state index >= 15 is 0 Å². The van der Waals surface area contributed by atoms with Crippen molar-refractivity contribution < 1.29 is 9.53 Å². The van der Waals surface area contributed by atoms with Crippen LogP contribution in [0.2, 0.25) is 0 Å². The van der Waals surface area contributed by atoms with Gasteiger partial charge >= 0.3 is 0 Å². The fourth-order valence-electron chi connectivity index (χ4n) is 5.85. The van der Waals surface area contributed by atoms with Crippen LogP contribution in [-0.2, 0) is 25.8 Å². The number of rotatable bonds is 4. The average molecular weight is 444 g/mol. The van der Waals surface area contributed by atoms with Crippen molar-refractivity contribution in [3.05, 3.63) is 76.4 Å². The minimum Gasteiger partial charge on any atom is -0.378 e. The van der Waals surface area contributed by atoms with E-state index in [0.29, 0.717) is 26.3 Å². The Balaban J connectivity index is 1.49. The van der Waals surface area contributed by atoms with Gasteiger partial charge in [0.1, 0.15) is 0 Å². The van der Waals surface area contributed by atoms with Crippen LogP contribution < -0.4 is 0 Å². The lowest BCUT2D eigenvalue weighted by Crippen LogP contribution is -2.39. The fourth-order valence-corrected chi connectivity index (χ4v) is 5.85. The van der Waals surface area contributed by atoms with E-state index in [2.05, 4.69) is 70.2 Å². The highest BCUT2D eigenvalue weighted by molar-refractivity contribution is 5.92. The molecule has 5 rings (SSSR count). The molecule has 2 aliphatic carbocycles. The van der Waals surface area contributed by atoms with E-state index in [4.69, 9.17) is 4.74 Å². The molecular formula is C30H37NO2. The van der Waals surface area contributed by atoms with Crippen LogP contribution in [0.25, 0.3) is 6.08 Å². The SMILES string of the molecule is CC1(C)CCC(C)(C)c2cc(C3(c4ccccc4C=CC(=O)N4CCOCC4)CC3)ccc21. The van der Waals surface area contributed by atoms with Crippen LogP contribution >= 0.6 is 0 Å². The lowest BCUT2D eigenvalue weighted by atomic mass is 9.62. The van der Waals surface area contributed by atoms with Gasteiger partial charge in [0.25, 0.3) is 0 Å². The van der Waals surface area contributed by atoms with Gasteiger partial charge in [-0.3, -0.25) is 4.79 Å². The van der Waals surface area contributed by atoms with Gasteiger partial charge < -0.3 is 9.64 Å². The van der Waals surface area contributed by atoms with Crippen LogP contribution in [0.1, 0.15) is 81.2 Å². The molecule has 1 amide bonds. The predicted octanol–water partition coefficient (Wildman–Crippen LogP) is 5.99. The Kier molecular flexibility index (Phi) is 5.52. The summed E-state index contributed by atoms with van der Waals surface area (Å²) in [5.41, 5.74) is 7.50. The number of amides is 1. The van der Waals surface area contributed by atoms with Gasteiger partial charge in [-0.15, -0.1) is 0 Å². The smallest absolute Gasteiger partial charge is 0.246 e. The Morgan fingerprint density at radius 3 is 2.21 bits per heavy atom. The molecule has 3 nitrogen and oxygen atoms in total. The zero-order valence-corrected chi connectivity index (χ0v) is 20.6. The van der Waals surface area contributed by atoms with Gasteiger partial charge in [0.15, 0.2) is 0 Å². The summed E-state index contributed by atoms with van der Waals surface area (Å²) in [6, 6.07) is 16.0. The lowest BCUT2D eigenvalue weighted by Gasteiger charge is -2.42. The highest BCUT2D eigenvalue weighted by atomic mass is 16.5. The standard InChI is InChI=1S/C30H37NO2/c1-28(2)13-14-29(3,4)26-21-23(10-11-25(26)28)30(15-16-30)24-8-6-5-7-22(24)9-12-27(32)31-17-19-33-20-18-31/h5-12,21H,13-20H2,1-4H3. The molecule has 2 aromatic rings. The van der Waals surface area contributed by atoms with Crippen LogP contribution in [0, 0.1) is 0 Å². The number of fused-ring (bicyclic) bond motifs is 1. The lowest BCUT2D eigenvalue weighted by molar-refractivity contribution is -0.129. The molecule has 1 saturated carbocycles. The molecule has 1 aliphatic heterocycles. The van der Waals surface area contributed by atoms with Crippen molar-refractivity contribution in [2.24, 2.45) is 0 Å². The molecule has 0 radical (unpaired) electrons. The third kappa shape index (κ3) is 4.05. The monoisotopic (exact) mass is 443 g/mol. The van der Waals surface area contributed by atoms with Gasteiger partial charge in [0, 0.05) is 24.6 Å². The van der Waals surface area contributed by atoms with Crippen LogP contribution in [0.15, 0.2) is 48.5 Å². The highest BCUT2D eigenvalue weighted by Crippen LogP contribution is 2.56. The fraction of sp³-hybridized carbons (Fsp3) is 0.500. The largest absolute Gasteiger partial charge is 0.378 e. The number of hydrogen-bond donors (Lipinski definition) is 0. The molecule has 33 heavy (non-hydrogen) atoms. The first kappa shape index (κ1) is 22.4. The molecule has 2 aromatic carbocycles. The number of hydrogen-bond acceptors (Lipinski definition) is 2. The second-order valence-corrected chi connectivity index (χ2v) is 11.5. The van der Waals surface area contributed by atoms with E-state index in [1.165, 1.54) is 35.1 Å². The number of ether oxygens (including phenoxy) is 1. The van der Waals surface area contributed by atoms with Crippen molar-refractivity contribution in [2.75, 3.05) is 26.3 Å². The molecule has 0 aromatic heterocycles. The first-order valence-corrected chi connectivity index (χ1v) is 12.5. The molecule has 0 bridgehead atoms. The normalized spacial score (nSPS) is 22.7. The summed E-state index contributed by atoms with van der Waals surface area (Å²) >= 11 is 0. The molecule has 0 atom stereocenters. The number of carbonyl (C=O) groups excluding carboxylic acids is 1. The van der Waals surface area contributed by atoms with E-state index in [9.17, 15) is 4.79 Å². The van der Waals surface area contributed by atoms with Gasteiger partial charge in [0.2, 0.25) is 5.91 Å². The maximum atomic E-state index is 12.7. The van der Waals surface area contributed by atoms with E-state index in [0.717, 1.165) is 18.4 Å². The number of morpholine rings is 1. The summed E-state index contributed by atoms with van der Waals surface area (Å²) < 4.78 is 5.38. The molecule has 0 unspecified atom stereocenters. The summed E-state index contributed by atoms with van der Waals surface area (Å²) in [4.78, 5) is 14.6. The van der Waals surface area contributed by atoms with Gasteiger partial charge in [-0.2, -0.15) is 0 Å². The van der Waals surface area contributed by atoms with Crippen molar-refractivity contribution in [1.29, 1.82) is 0 Å². The molecule has 0 N–H and O–H groups in total. The van der Waals surface area contributed by atoms with E-state index in [1.54, 1.807) is 6.08 Å². The topological polar surface area (TPSA) is 29.5 Å². The van der Waals surface area contributed by atoms with Gasteiger partial charge in [-0.1, -0.05) is 70.2 Å². The van der Waals surface area contributed by atoms with Crippen LogP contribution in [-0.4, -0.2) is 37.1 Å². The van der Waals surface area contributed by atoms with Gasteiger partial charge in [0.05, 0.1) is 13.2 Å². The maximum absolute atomic E-state index is 12.7. The summed E-state index contributed by atoms with van der Waals surface area (Å²) in [7, 11) is 0. The summed E-state index contributed by atoms with van der Waals surface area (Å²) in [5, 5.41) is 0. The highest BCUT2D eigenvalue weighted by Gasteiger charge is 2.48. The Labute approximate surface area is 198 Å². The average Bonchev–Trinajstić information content (AvgIpc) is 3.63. The molecule has 0 spiro atoms. The molecule has 3 aliphatic rings. The number of carbonyl (C=O) groups is 1. The molecule has 3 heteroatoms. The molecule has 2 fully saturated rings. The number of benzene rings is 2. The second kappa shape index (κ2) is 8.13. The first-order chi connectivity index (χ1) is 15.7. The minimum atomic E-state index is 0.0651. The maximum Gasteiger partial charge on any atom is 0.246 e. The van der Waals surface area contributed by atoms with Crippen molar-refractivity contribution >= 4 is 12.0 Å². The van der Waals surface area contributed by atoms with E-state index in [-0.39, 0.29) is 22.2 Å². The van der Waals surface area contributed by atoms with Crippen molar-refractivity contribution in [1.82, 2.24) is 4.90 Å². The third-order valence-electron chi connectivity index (χ3n) is 8.36. The Morgan fingerprint density at radius 1 is 0.848 bits per heavy atom. The van der Waals surface area contributed by atoms with E-state index < -0.39 is 0 Å². The second-order valence-electron chi connectivity index (χ2n) is 11.5.